The number of carboxylic acid groups (broad SMARTS) is 1. The molecule has 6 nitrogen and oxygen atoms in total. The molecule has 1 saturated carbocycles. The minimum atomic E-state index is -4.01. The number of amides is 1. The summed E-state index contributed by atoms with van der Waals surface area (Å²) in [7, 11) is -4.01. The maximum absolute atomic E-state index is 11.9. The van der Waals surface area contributed by atoms with E-state index < -0.39 is 32.2 Å². The number of hydrogen-bond donors (Lipinski definition) is 1. The van der Waals surface area contributed by atoms with Gasteiger partial charge < -0.3 is 10.0 Å². The van der Waals surface area contributed by atoms with Crippen molar-refractivity contribution in [2.24, 2.45) is 0 Å². The molecule has 0 atom stereocenters. The van der Waals surface area contributed by atoms with Gasteiger partial charge in [-0.2, -0.15) is 0 Å². The Labute approximate surface area is 107 Å². The van der Waals surface area contributed by atoms with Crippen molar-refractivity contribution in [3.63, 3.8) is 0 Å². The van der Waals surface area contributed by atoms with Gasteiger partial charge in [0, 0.05) is 12.6 Å². The fourth-order valence-electron chi connectivity index (χ4n) is 1.58. The van der Waals surface area contributed by atoms with Crippen LogP contribution in [0.25, 0.3) is 0 Å². The molecular weight excluding hydrogens is 258 g/mol. The van der Waals surface area contributed by atoms with Gasteiger partial charge in [-0.1, -0.05) is 0 Å². The van der Waals surface area contributed by atoms with Crippen molar-refractivity contribution in [3.05, 3.63) is 0 Å². The van der Waals surface area contributed by atoms with Crippen LogP contribution in [-0.2, 0) is 19.4 Å². The summed E-state index contributed by atoms with van der Waals surface area (Å²) in [6.07, 6.45) is 1.78. The van der Waals surface area contributed by atoms with Crippen molar-refractivity contribution in [1.82, 2.24) is 4.90 Å². The summed E-state index contributed by atoms with van der Waals surface area (Å²) in [5, 5.41) is 8.90. The second-order valence-electron chi connectivity index (χ2n) is 4.99. The van der Waals surface area contributed by atoms with Crippen molar-refractivity contribution in [2.45, 2.75) is 44.4 Å². The van der Waals surface area contributed by atoms with Crippen molar-refractivity contribution >= 4 is 21.7 Å². The summed E-state index contributed by atoms with van der Waals surface area (Å²) in [6, 6.07) is 0.130. The maximum Gasteiger partial charge on any atom is 0.324 e. The van der Waals surface area contributed by atoms with E-state index in [4.69, 9.17) is 5.11 Å². The fraction of sp³-hybridized carbons (Fsp3) is 0.818. The van der Waals surface area contributed by atoms with Crippen LogP contribution in [0.2, 0.25) is 0 Å². The van der Waals surface area contributed by atoms with Crippen molar-refractivity contribution in [3.8, 4) is 0 Å². The second kappa shape index (κ2) is 4.87. The summed E-state index contributed by atoms with van der Waals surface area (Å²) in [5.41, 5.74) is 0. The van der Waals surface area contributed by atoms with Gasteiger partial charge in [-0.3, -0.25) is 9.59 Å². The number of carboxylic acids is 1. The van der Waals surface area contributed by atoms with Gasteiger partial charge in [0.15, 0.2) is 14.6 Å². The molecule has 0 aromatic carbocycles. The predicted molar refractivity (Wildman–Crippen MR) is 65.9 cm³/mol. The topological polar surface area (TPSA) is 91.8 Å². The molecule has 0 aromatic rings. The summed E-state index contributed by atoms with van der Waals surface area (Å²) in [4.78, 5) is 24.3. The predicted octanol–water partition coefficient (Wildman–Crippen LogP) is 0.275. The van der Waals surface area contributed by atoms with E-state index in [2.05, 4.69) is 0 Å². The lowest BCUT2D eigenvalue weighted by Gasteiger charge is -2.24. The molecule has 7 heteroatoms. The first-order chi connectivity index (χ1) is 8.13. The summed E-state index contributed by atoms with van der Waals surface area (Å²) in [6.45, 7) is 4.44. The summed E-state index contributed by atoms with van der Waals surface area (Å²) in [5.74, 6) is -2.68. The average molecular weight is 277 g/mol. The molecule has 1 N–H and O–H groups in total. The van der Waals surface area contributed by atoms with Crippen molar-refractivity contribution in [2.75, 3.05) is 12.3 Å². The van der Waals surface area contributed by atoms with Crippen LogP contribution in [0.15, 0.2) is 0 Å². The molecule has 1 amide bonds. The lowest BCUT2D eigenvalue weighted by Crippen LogP contribution is -2.46. The zero-order chi connectivity index (χ0) is 14.1. The van der Waals surface area contributed by atoms with Gasteiger partial charge in [0.25, 0.3) is 0 Å². The molecule has 0 bridgehead atoms. The van der Waals surface area contributed by atoms with Gasteiger partial charge >= 0.3 is 5.97 Å². The van der Waals surface area contributed by atoms with E-state index >= 15 is 0 Å². The third-order valence-electron chi connectivity index (χ3n) is 3.25. The molecule has 1 rings (SSSR count). The Morgan fingerprint density at radius 3 is 2.17 bits per heavy atom. The first-order valence-corrected chi connectivity index (χ1v) is 7.54. The second-order valence-corrected chi connectivity index (χ2v) is 7.52. The third-order valence-corrected chi connectivity index (χ3v) is 5.61. The molecule has 0 radical (unpaired) electrons. The highest BCUT2D eigenvalue weighted by Crippen LogP contribution is 2.27. The number of aliphatic carboxylic acids is 1. The smallest absolute Gasteiger partial charge is 0.324 e. The highest BCUT2D eigenvalue weighted by Gasteiger charge is 2.44. The fourth-order valence-corrected chi connectivity index (χ4v) is 2.70. The summed E-state index contributed by atoms with van der Waals surface area (Å²) >= 11 is 0. The minimum absolute atomic E-state index is 0.130. The molecule has 0 aliphatic heterocycles. The molecule has 0 unspecified atom stereocenters. The van der Waals surface area contributed by atoms with Crippen LogP contribution in [0.3, 0.4) is 0 Å². The lowest BCUT2D eigenvalue weighted by molar-refractivity contribution is -0.139. The Balaban J connectivity index is 2.83. The van der Waals surface area contributed by atoms with Gasteiger partial charge in [0.05, 0.1) is 0 Å². The average Bonchev–Trinajstić information content (AvgIpc) is 3.01. The quantitative estimate of drug-likeness (QED) is 0.752. The van der Waals surface area contributed by atoms with Gasteiger partial charge in [0.1, 0.15) is 5.75 Å². The molecule has 1 aliphatic carbocycles. The number of hydrogen-bond acceptors (Lipinski definition) is 4. The Hall–Kier alpha value is -1.11. The van der Waals surface area contributed by atoms with Gasteiger partial charge in [0.2, 0.25) is 5.91 Å². The molecule has 18 heavy (non-hydrogen) atoms. The van der Waals surface area contributed by atoms with Gasteiger partial charge in [-0.25, -0.2) is 8.42 Å². The SMILES string of the molecule is CCN(C(=O)CS(=O)(=O)C(C)(C)C(=O)O)C1CC1. The lowest BCUT2D eigenvalue weighted by atomic mass is 10.2. The Bertz CT molecular complexity index is 450. The van der Waals surface area contributed by atoms with Gasteiger partial charge in [-0.15, -0.1) is 0 Å². The maximum atomic E-state index is 11.9. The van der Waals surface area contributed by atoms with Crippen LogP contribution in [0, 0.1) is 0 Å². The number of sulfone groups is 1. The highest BCUT2D eigenvalue weighted by atomic mass is 32.2. The Morgan fingerprint density at radius 2 is 1.83 bits per heavy atom. The minimum Gasteiger partial charge on any atom is -0.480 e. The van der Waals surface area contributed by atoms with Crippen LogP contribution < -0.4 is 0 Å². The highest BCUT2D eigenvalue weighted by molar-refractivity contribution is 7.94. The molecule has 0 saturated heterocycles. The van der Waals surface area contributed by atoms with E-state index in [9.17, 15) is 18.0 Å². The van der Waals surface area contributed by atoms with Gasteiger partial charge in [-0.05, 0) is 33.6 Å². The molecule has 1 fully saturated rings. The first kappa shape index (κ1) is 14.9. The van der Waals surface area contributed by atoms with E-state index in [1.807, 2.05) is 0 Å². The number of rotatable bonds is 6. The van der Waals surface area contributed by atoms with Crippen molar-refractivity contribution < 1.29 is 23.1 Å². The summed E-state index contributed by atoms with van der Waals surface area (Å²) < 4.78 is 21.9. The molecule has 0 aromatic heterocycles. The Morgan fingerprint density at radius 1 is 1.33 bits per heavy atom. The zero-order valence-electron chi connectivity index (χ0n) is 10.8. The van der Waals surface area contributed by atoms with Crippen LogP contribution in [0.4, 0.5) is 0 Å². The van der Waals surface area contributed by atoms with Crippen LogP contribution in [-0.4, -0.2) is 53.4 Å². The van der Waals surface area contributed by atoms with Crippen LogP contribution >= 0.6 is 0 Å². The zero-order valence-corrected chi connectivity index (χ0v) is 11.7. The number of carbonyl (C=O) groups is 2. The van der Waals surface area contributed by atoms with Crippen molar-refractivity contribution in [1.29, 1.82) is 0 Å². The Kier molecular flexibility index (Phi) is 4.05. The largest absolute Gasteiger partial charge is 0.480 e. The standard InChI is InChI=1S/C11H19NO5S/c1-4-12(8-5-6-8)9(13)7-18(16,17)11(2,3)10(14)15/h8H,4-7H2,1-3H3,(H,14,15). The van der Waals surface area contributed by atoms with E-state index in [1.54, 1.807) is 6.92 Å². The van der Waals surface area contributed by atoms with E-state index in [0.717, 1.165) is 26.7 Å². The number of nitrogens with zero attached hydrogens (tertiary/aromatic N) is 1. The van der Waals surface area contributed by atoms with E-state index in [1.165, 1.54) is 4.90 Å². The monoisotopic (exact) mass is 277 g/mol. The third kappa shape index (κ3) is 2.82. The van der Waals surface area contributed by atoms with Crippen LogP contribution in [0.1, 0.15) is 33.6 Å². The molecule has 0 heterocycles. The molecular formula is C11H19NO5S. The molecule has 1 aliphatic rings. The first-order valence-electron chi connectivity index (χ1n) is 5.88. The van der Waals surface area contributed by atoms with E-state index in [0.29, 0.717) is 6.54 Å². The van der Waals surface area contributed by atoms with E-state index in [-0.39, 0.29) is 6.04 Å². The molecule has 104 valence electrons. The number of carbonyl (C=O) groups excluding carboxylic acids is 1. The molecule has 0 spiro atoms. The van der Waals surface area contributed by atoms with Crippen LogP contribution in [0.5, 0.6) is 0 Å². The normalized spacial score (nSPS) is 16.4.